The van der Waals surface area contributed by atoms with Crippen molar-refractivity contribution in [3.05, 3.63) is 59.5 Å². The lowest BCUT2D eigenvalue weighted by molar-refractivity contribution is 0.0234. The van der Waals surface area contributed by atoms with Gasteiger partial charge in [-0.3, -0.25) is 4.79 Å². The minimum Gasteiger partial charge on any atom is -0.493 e. The molecular weight excluding hydrogens is 344 g/mol. The summed E-state index contributed by atoms with van der Waals surface area (Å²) in [6.45, 7) is 0.701. The number of rotatable bonds is 4. The molecule has 2 N–H and O–H groups in total. The van der Waals surface area contributed by atoms with E-state index in [1.54, 1.807) is 29.0 Å². The summed E-state index contributed by atoms with van der Waals surface area (Å²) in [4.78, 5) is 17.1. The predicted octanol–water partition coefficient (Wildman–Crippen LogP) is 1.91. The lowest BCUT2D eigenvalue weighted by atomic mass is 9.75. The number of carbonyl (C=O) groups is 1. The Morgan fingerprint density at radius 2 is 2.22 bits per heavy atom. The molecule has 1 amide bonds. The summed E-state index contributed by atoms with van der Waals surface area (Å²) in [7, 11) is 0. The first-order valence-electron chi connectivity index (χ1n) is 9.22. The standard InChI is InChI=1S/C20H20N4O3/c25-15-9-14(10-15)19(13-2-3-17-12(8-13)4-7-27-17)22-20(26)16-11-18-21-5-1-6-24(18)23-16/h1-3,5-6,8,11,14-15,19,25H,4,7,9-10H2,(H,22,26)/t14?,15?,19-/m1/s1. The number of aromatic nitrogens is 3. The highest BCUT2D eigenvalue weighted by Crippen LogP contribution is 2.39. The fourth-order valence-corrected chi connectivity index (χ4v) is 3.93. The van der Waals surface area contributed by atoms with E-state index in [1.807, 2.05) is 12.1 Å². The maximum Gasteiger partial charge on any atom is 0.272 e. The van der Waals surface area contributed by atoms with Gasteiger partial charge < -0.3 is 15.2 Å². The van der Waals surface area contributed by atoms with E-state index in [0.29, 0.717) is 30.8 Å². The fraction of sp³-hybridized carbons (Fsp3) is 0.350. The largest absolute Gasteiger partial charge is 0.493 e. The molecule has 1 aromatic carbocycles. The molecule has 5 rings (SSSR count). The highest BCUT2D eigenvalue weighted by Gasteiger charge is 2.36. The van der Waals surface area contributed by atoms with Gasteiger partial charge in [-0.2, -0.15) is 5.10 Å². The van der Waals surface area contributed by atoms with Gasteiger partial charge in [0.05, 0.1) is 18.8 Å². The van der Waals surface area contributed by atoms with Crippen LogP contribution in [0.5, 0.6) is 5.75 Å². The molecule has 7 heteroatoms. The zero-order chi connectivity index (χ0) is 18.4. The molecule has 3 heterocycles. The zero-order valence-corrected chi connectivity index (χ0v) is 14.7. The molecule has 1 aliphatic heterocycles. The lowest BCUT2D eigenvalue weighted by Gasteiger charge is -2.38. The second kappa shape index (κ2) is 6.35. The molecule has 1 saturated carbocycles. The molecule has 2 aromatic heterocycles. The number of amides is 1. The van der Waals surface area contributed by atoms with E-state index in [0.717, 1.165) is 17.7 Å². The molecule has 7 nitrogen and oxygen atoms in total. The third-order valence-corrected chi connectivity index (χ3v) is 5.45. The van der Waals surface area contributed by atoms with E-state index >= 15 is 0 Å². The lowest BCUT2D eigenvalue weighted by Crippen LogP contribution is -2.41. The van der Waals surface area contributed by atoms with Crippen molar-refractivity contribution in [2.24, 2.45) is 5.92 Å². The third-order valence-electron chi connectivity index (χ3n) is 5.45. The van der Waals surface area contributed by atoms with Gasteiger partial charge in [-0.15, -0.1) is 0 Å². The number of hydrogen-bond acceptors (Lipinski definition) is 5. The van der Waals surface area contributed by atoms with Crippen molar-refractivity contribution in [1.82, 2.24) is 19.9 Å². The number of ether oxygens (including phenoxy) is 1. The van der Waals surface area contributed by atoms with Gasteiger partial charge in [0.15, 0.2) is 11.3 Å². The summed E-state index contributed by atoms with van der Waals surface area (Å²) < 4.78 is 7.18. The van der Waals surface area contributed by atoms with E-state index in [9.17, 15) is 9.90 Å². The summed E-state index contributed by atoms with van der Waals surface area (Å²) >= 11 is 0. The van der Waals surface area contributed by atoms with Crippen molar-refractivity contribution in [3.8, 4) is 5.75 Å². The zero-order valence-electron chi connectivity index (χ0n) is 14.7. The molecule has 1 atom stereocenters. The first kappa shape index (κ1) is 16.3. The van der Waals surface area contributed by atoms with Crippen LogP contribution in [-0.4, -0.2) is 38.3 Å². The summed E-state index contributed by atoms with van der Waals surface area (Å²) in [5.74, 6) is 0.895. The SMILES string of the molecule is O=C(N[C@H](c1ccc2c(c1)CCO2)C1CC(O)C1)c1cc2ncccn2n1. The van der Waals surface area contributed by atoms with Crippen LogP contribution in [0.2, 0.25) is 0 Å². The molecule has 0 spiro atoms. The van der Waals surface area contributed by atoms with Crippen molar-refractivity contribution in [1.29, 1.82) is 0 Å². The van der Waals surface area contributed by atoms with Gasteiger partial charge in [0.2, 0.25) is 0 Å². The minimum atomic E-state index is -0.286. The molecular formula is C20H20N4O3. The molecule has 0 radical (unpaired) electrons. The van der Waals surface area contributed by atoms with Crippen LogP contribution in [-0.2, 0) is 6.42 Å². The van der Waals surface area contributed by atoms with E-state index in [-0.39, 0.29) is 24.0 Å². The maximum atomic E-state index is 12.9. The Kier molecular flexibility index (Phi) is 3.82. The summed E-state index contributed by atoms with van der Waals surface area (Å²) in [5.41, 5.74) is 3.19. The Morgan fingerprint density at radius 1 is 1.33 bits per heavy atom. The van der Waals surface area contributed by atoms with E-state index < -0.39 is 0 Å². The number of hydrogen-bond donors (Lipinski definition) is 2. The van der Waals surface area contributed by atoms with Gasteiger partial charge in [-0.05, 0) is 48.1 Å². The molecule has 0 bridgehead atoms. The van der Waals surface area contributed by atoms with Crippen LogP contribution in [0.3, 0.4) is 0 Å². The fourth-order valence-electron chi connectivity index (χ4n) is 3.93. The average molecular weight is 364 g/mol. The maximum absolute atomic E-state index is 12.9. The molecule has 2 aliphatic rings. The van der Waals surface area contributed by atoms with Crippen molar-refractivity contribution in [2.75, 3.05) is 6.61 Å². The van der Waals surface area contributed by atoms with Crippen LogP contribution in [0.25, 0.3) is 5.65 Å². The molecule has 0 saturated heterocycles. The number of nitrogens with zero attached hydrogens (tertiary/aromatic N) is 3. The van der Waals surface area contributed by atoms with Gasteiger partial charge in [0.1, 0.15) is 5.75 Å². The van der Waals surface area contributed by atoms with Crippen LogP contribution in [0, 0.1) is 5.92 Å². The molecule has 138 valence electrons. The monoisotopic (exact) mass is 364 g/mol. The average Bonchev–Trinajstić information content (AvgIpc) is 3.29. The summed E-state index contributed by atoms with van der Waals surface area (Å²) in [6, 6.07) is 9.38. The topological polar surface area (TPSA) is 88.8 Å². The van der Waals surface area contributed by atoms with Crippen molar-refractivity contribution >= 4 is 11.6 Å². The van der Waals surface area contributed by atoms with Crippen LogP contribution in [0.1, 0.15) is 40.5 Å². The highest BCUT2D eigenvalue weighted by molar-refractivity contribution is 5.93. The van der Waals surface area contributed by atoms with E-state index in [4.69, 9.17) is 4.74 Å². The van der Waals surface area contributed by atoms with E-state index in [2.05, 4.69) is 21.5 Å². The van der Waals surface area contributed by atoms with Gasteiger partial charge in [-0.25, -0.2) is 9.50 Å². The van der Waals surface area contributed by atoms with Crippen LogP contribution < -0.4 is 10.1 Å². The van der Waals surface area contributed by atoms with Crippen molar-refractivity contribution in [3.63, 3.8) is 0 Å². The Hall–Kier alpha value is -2.93. The Morgan fingerprint density at radius 3 is 3.04 bits per heavy atom. The second-order valence-corrected chi connectivity index (χ2v) is 7.25. The van der Waals surface area contributed by atoms with Crippen LogP contribution in [0.15, 0.2) is 42.7 Å². The van der Waals surface area contributed by atoms with Gasteiger partial charge in [0.25, 0.3) is 5.91 Å². The Labute approximate surface area is 156 Å². The van der Waals surface area contributed by atoms with E-state index in [1.165, 1.54) is 5.56 Å². The molecule has 27 heavy (non-hydrogen) atoms. The van der Waals surface area contributed by atoms with Crippen molar-refractivity contribution in [2.45, 2.75) is 31.4 Å². The Balaban J connectivity index is 1.43. The minimum absolute atomic E-state index is 0.162. The number of aliphatic hydroxyl groups excluding tert-OH is 1. The number of benzene rings is 1. The van der Waals surface area contributed by atoms with Gasteiger partial charge in [0, 0.05) is 24.9 Å². The van der Waals surface area contributed by atoms with Crippen LogP contribution >= 0.6 is 0 Å². The Bertz CT molecular complexity index is 976. The molecule has 1 fully saturated rings. The van der Waals surface area contributed by atoms with Gasteiger partial charge >= 0.3 is 0 Å². The molecule has 0 unspecified atom stereocenters. The normalized spacial score (nSPS) is 22.0. The number of carbonyl (C=O) groups excluding carboxylic acids is 1. The smallest absolute Gasteiger partial charge is 0.272 e. The second-order valence-electron chi connectivity index (χ2n) is 7.25. The van der Waals surface area contributed by atoms with Crippen LogP contribution in [0.4, 0.5) is 0 Å². The van der Waals surface area contributed by atoms with Crippen molar-refractivity contribution < 1.29 is 14.6 Å². The summed E-state index contributed by atoms with van der Waals surface area (Å²) in [6.07, 6.45) is 5.40. The quantitative estimate of drug-likeness (QED) is 0.738. The number of fused-ring (bicyclic) bond motifs is 2. The predicted molar refractivity (Wildman–Crippen MR) is 97.6 cm³/mol. The summed E-state index contributed by atoms with van der Waals surface area (Å²) in [5, 5.41) is 17.2. The number of nitrogens with one attached hydrogen (secondary N) is 1. The number of aliphatic hydroxyl groups is 1. The first-order valence-corrected chi connectivity index (χ1v) is 9.22. The first-order chi connectivity index (χ1) is 13.2. The molecule has 1 aliphatic carbocycles. The molecule has 3 aromatic rings. The van der Waals surface area contributed by atoms with Gasteiger partial charge in [-0.1, -0.05) is 6.07 Å². The highest BCUT2D eigenvalue weighted by atomic mass is 16.5. The third kappa shape index (κ3) is 2.94.